The lowest BCUT2D eigenvalue weighted by molar-refractivity contribution is 0.0872. The number of aromatic nitrogens is 1. The second-order valence-electron chi connectivity index (χ2n) is 3.96. The van der Waals surface area contributed by atoms with Gasteiger partial charge in [-0.25, -0.2) is 4.98 Å². The lowest BCUT2D eigenvalue weighted by Gasteiger charge is -2.14. The number of hydrogen-bond donors (Lipinski definition) is 2. The van der Waals surface area contributed by atoms with Gasteiger partial charge in [-0.2, -0.15) is 0 Å². The predicted octanol–water partition coefficient (Wildman–Crippen LogP) is 1.13. The van der Waals surface area contributed by atoms with E-state index in [1.165, 1.54) is 0 Å². The van der Waals surface area contributed by atoms with Gasteiger partial charge >= 0.3 is 0 Å². The van der Waals surface area contributed by atoms with Crippen molar-refractivity contribution >= 4 is 11.7 Å². The van der Waals surface area contributed by atoms with Crippen LogP contribution in [0.2, 0.25) is 0 Å². The Morgan fingerprint density at radius 2 is 2.29 bits per heavy atom. The third-order valence-electron chi connectivity index (χ3n) is 2.18. The van der Waals surface area contributed by atoms with E-state index in [-0.39, 0.29) is 11.9 Å². The summed E-state index contributed by atoms with van der Waals surface area (Å²) < 4.78 is 5.23. The zero-order valence-corrected chi connectivity index (χ0v) is 10.5. The summed E-state index contributed by atoms with van der Waals surface area (Å²) in [5.74, 6) is 0.196. The van der Waals surface area contributed by atoms with Gasteiger partial charge in [-0.15, -0.1) is 0 Å². The zero-order chi connectivity index (χ0) is 12.8. The van der Waals surface area contributed by atoms with E-state index in [2.05, 4.69) is 10.3 Å². The van der Waals surface area contributed by atoms with Gasteiger partial charge in [-0.1, -0.05) is 0 Å². The van der Waals surface area contributed by atoms with E-state index in [0.717, 1.165) is 5.69 Å². The first-order chi connectivity index (χ1) is 8.02. The summed E-state index contributed by atoms with van der Waals surface area (Å²) in [4.78, 5) is 15.9. The zero-order valence-electron chi connectivity index (χ0n) is 10.5. The van der Waals surface area contributed by atoms with Gasteiger partial charge in [0.25, 0.3) is 5.91 Å². The van der Waals surface area contributed by atoms with Crippen molar-refractivity contribution in [3.05, 3.63) is 23.4 Å². The number of carbonyl (C=O) groups is 1. The molecule has 0 radical (unpaired) electrons. The Hall–Kier alpha value is -1.62. The first kappa shape index (κ1) is 13.4. The van der Waals surface area contributed by atoms with Crippen LogP contribution in [0.1, 0.15) is 29.9 Å². The first-order valence-corrected chi connectivity index (χ1v) is 5.65. The Balaban J connectivity index is 2.63. The summed E-state index contributed by atoms with van der Waals surface area (Å²) in [5.41, 5.74) is 6.85. The molecule has 0 aliphatic carbocycles. The lowest BCUT2D eigenvalue weighted by atomic mass is 10.2. The maximum atomic E-state index is 11.9. The van der Waals surface area contributed by atoms with E-state index in [4.69, 9.17) is 10.5 Å². The largest absolute Gasteiger partial charge is 0.384 e. The Morgan fingerprint density at radius 1 is 1.59 bits per heavy atom. The molecule has 5 nitrogen and oxygen atoms in total. The van der Waals surface area contributed by atoms with Crippen molar-refractivity contribution in [3.8, 4) is 0 Å². The van der Waals surface area contributed by atoms with Crippen molar-refractivity contribution in [2.24, 2.45) is 0 Å². The number of anilines is 1. The minimum atomic E-state index is -0.158. The van der Waals surface area contributed by atoms with E-state index in [1.54, 1.807) is 19.1 Å². The molecule has 1 unspecified atom stereocenters. The highest BCUT2D eigenvalue weighted by Crippen LogP contribution is 2.07. The summed E-state index contributed by atoms with van der Waals surface area (Å²) in [5, 5.41) is 2.84. The van der Waals surface area contributed by atoms with Crippen LogP contribution in [0.15, 0.2) is 12.1 Å². The molecule has 0 aliphatic heterocycles. The maximum Gasteiger partial charge on any atom is 0.251 e. The molecular formula is C12H19N3O2. The van der Waals surface area contributed by atoms with Crippen LogP contribution < -0.4 is 11.1 Å². The van der Waals surface area contributed by atoms with Crippen LogP contribution in [0, 0.1) is 6.92 Å². The Bertz CT molecular complexity index is 373. The summed E-state index contributed by atoms with van der Waals surface area (Å²) in [7, 11) is 0. The highest BCUT2D eigenvalue weighted by atomic mass is 16.5. The molecule has 17 heavy (non-hydrogen) atoms. The summed E-state index contributed by atoms with van der Waals surface area (Å²) in [6.07, 6.45) is 0. The van der Waals surface area contributed by atoms with Crippen molar-refractivity contribution in [1.82, 2.24) is 10.3 Å². The van der Waals surface area contributed by atoms with E-state index < -0.39 is 0 Å². The minimum Gasteiger partial charge on any atom is -0.384 e. The standard InChI is InChI=1S/C12H19N3O2/c1-4-17-7-9(3)15-12(16)10-5-8(2)14-11(13)6-10/h5-6,9H,4,7H2,1-3H3,(H2,13,14)(H,15,16). The Labute approximate surface area is 101 Å². The van der Waals surface area contributed by atoms with E-state index >= 15 is 0 Å². The molecule has 1 amide bonds. The maximum absolute atomic E-state index is 11.9. The van der Waals surface area contributed by atoms with Gasteiger partial charge in [-0.3, -0.25) is 4.79 Å². The summed E-state index contributed by atoms with van der Waals surface area (Å²) in [6.45, 7) is 6.76. The molecule has 5 heteroatoms. The van der Waals surface area contributed by atoms with Gasteiger partial charge in [0.1, 0.15) is 5.82 Å². The van der Waals surface area contributed by atoms with E-state index in [1.807, 2.05) is 13.8 Å². The normalized spacial score (nSPS) is 12.2. The van der Waals surface area contributed by atoms with E-state index in [0.29, 0.717) is 24.6 Å². The van der Waals surface area contributed by atoms with Crippen LogP contribution >= 0.6 is 0 Å². The fourth-order valence-electron chi connectivity index (χ4n) is 1.47. The highest BCUT2D eigenvalue weighted by Gasteiger charge is 2.10. The molecule has 1 heterocycles. The number of rotatable bonds is 5. The van der Waals surface area contributed by atoms with Crippen molar-refractivity contribution in [2.75, 3.05) is 18.9 Å². The fourth-order valence-corrected chi connectivity index (χ4v) is 1.47. The summed E-state index contributed by atoms with van der Waals surface area (Å²) in [6, 6.07) is 3.24. The molecule has 0 saturated heterocycles. The van der Waals surface area contributed by atoms with Gasteiger partial charge in [0.2, 0.25) is 0 Å². The molecular weight excluding hydrogens is 218 g/mol. The number of nitrogen functional groups attached to an aromatic ring is 1. The van der Waals surface area contributed by atoms with Gasteiger partial charge in [0, 0.05) is 23.9 Å². The molecule has 3 N–H and O–H groups in total. The quantitative estimate of drug-likeness (QED) is 0.804. The smallest absolute Gasteiger partial charge is 0.251 e. The van der Waals surface area contributed by atoms with Crippen LogP contribution in [0.25, 0.3) is 0 Å². The molecule has 94 valence electrons. The molecule has 0 fully saturated rings. The molecule has 0 saturated carbocycles. The number of pyridine rings is 1. The van der Waals surface area contributed by atoms with Gasteiger partial charge in [-0.05, 0) is 32.9 Å². The van der Waals surface area contributed by atoms with E-state index in [9.17, 15) is 4.79 Å². The van der Waals surface area contributed by atoms with Crippen LogP contribution in [-0.4, -0.2) is 30.1 Å². The second-order valence-corrected chi connectivity index (χ2v) is 3.96. The average Bonchev–Trinajstić information content (AvgIpc) is 2.25. The number of aryl methyl sites for hydroxylation is 1. The average molecular weight is 237 g/mol. The van der Waals surface area contributed by atoms with Crippen LogP contribution in [0.5, 0.6) is 0 Å². The van der Waals surface area contributed by atoms with Crippen molar-refractivity contribution < 1.29 is 9.53 Å². The Kier molecular flexibility index (Phi) is 4.90. The molecule has 0 spiro atoms. The predicted molar refractivity (Wildman–Crippen MR) is 66.8 cm³/mol. The minimum absolute atomic E-state index is 0.0304. The van der Waals surface area contributed by atoms with Crippen molar-refractivity contribution in [3.63, 3.8) is 0 Å². The van der Waals surface area contributed by atoms with Crippen molar-refractivity contribution in [2.45, 2.75) is 26.8 Å². The second kappa shape index (κ2) is 6.20. The molecule has 1 atom stereocenters. The number of nitrogens with two attached hydrogens (primary N) is 1. The lowest BCUT2D eigenvalue weighted by Crippen LogP contribution is -2.36. The number of nitrogens with zero attached hydrogens (tertiary/aromatic N) is 1. The molecule has 0 bridgehead atoms. The Morgan fingerprint density at radius 3 is 2.88 bits per heavy atom. The van der Waals surface area contributed by atoms with Crippen molar-refractivity contribution in [1.29, 1.82) is 0 Å². The number of nitrogens with one attached hydrogen (secondary N) is 1. The van der Waals surface area contributed by atoms with Crippen LogP contribution in [0.4, 0.5) is 5.82 Å². The van der Waals surface area contributed by atoms with Crippen LogP contribution in [-0.2, 0) is 4.74 Å². The van der Waals surface area contributed by atoms with Gasteiger partial charge in [0.05, 0.1) is 6.61 Å². The number of carbonyl (C=O) groups excluding carboxylic acids is 1. The molecule has 0 aliphatic rings. The number of hydrogen-bond acceptors (Lipinski definition) is 4. The molecule has 1 aromatic rings. The molecule has 1 rings (SSSR count). The topological polar surface area (TPSA) is 77.2 Å². The number of ether oxygens (including phenoxy) is 1. The van der Waals surface area contributed by atoms with Gasteiger partial charge < -0.3 is 15.8 Å². The molecule has 1 aromatic heterocycles. The third-order valence-corrected chi connectivity index (χ3v) is 2.18. The van der Waals surface area contributed by atoms with Crippen LogP contribution in [0.3, 0.4) is 0 Å². The molecule has 0 aromatic carbocycles. The first-order valence-electron chi connectivity index (χ1n) is 5.65. The monoisotopic (exact) mass is 237 g/mol. The van der Waals surface area contributed by atoms with Gasteiger partial charge in [0.15, 0.2) is 0 Å². The summed E-state index contributed by atoms with van der Waals surface area (Å²) >= 11 is 0. The number of amides is 1. The highest BCUT2D eigenvalue weighted by molar-refractivity contribution is 5.95. The SMILES string of the molecule is CCOCC(C)NC(=O)c1cc(C)nc(N)c1. The third kappa shape index (κ3) is 4.40. The fraction of sp³-hybridized carbons (Fsp3) is 0.500.